The van der Waals surface area contributed by atoms with E-state index in [1.165, 1.54) is 12.1 Å². The second-order valence-corrected chi connectivity index (χ2v) is 9.19. The molecule has 2 aliphatic rings. The fourth-order valence-electron chi connectivity index (χ4n) is 3.98. The third-order valence-electron chi connectivity index (χ3n) is 6.01. The quantitative estimate of drug-likeness (QED) is 0.750. The number of aromatic nitrogens is 1. The van der Waals surface area contributed by atoms with Gasteiger partial charge in [-0.1, -0.05) is 6.92 Å². The summed E-state index contributed by atoms with van der Waals surface area (Å²) in [5, 5.41) is 3.12. The average Bonchev–Trinajstić information content (AvgIpc) is 3.19. The largest absolute Gasteiger partial charge is 0.342 e. The Morgan fingerprint density at radius 3 is 2.41 bits per heavy atom. The number of benzene rings is 1. The third kappa shape index (κ3) is 5.41. The predicted molar refractivity (Wildman–Crippen MR) is 114 cm³/mol. The van der Waals surface area contributed by atoms with Crippen molar-refractivity contribution in [1.82, 2.24) is 19.7 Å². The van der Waals surface area contributed by atoms with Crippen LogP contribution >= 0.6 is 11.3 Å². The van der Waals surface area contributed by atoms with E-state index in [0.717, 1.165) is 80.8 Å². The van der Waals surface area contributed by atoms with Gasteiger partial charge in [-0.25, -0.2) is 9.37 Å². The number of carbonyl (C=O) groups excluding carboxylic acids is 1. The van der Waals surface area contributed by atoms with Crippen LogP contribution in [0.1, 0.15) is 24.8 Å². The molecule has 1 aromatic heterocycles. The van der Waals surface area contributed by atoms with Gasteiger partial charge in [0.1, 0.15) is 10.8 Å². The van der Waals surface area contributed by atoms with Crippen LogP contribution in [0, 0.1) is 11.7 Å². The monoisotopic (exact) mass is 416 g/mol. The van der Waals surface area contributed by atoms with Crippen molar-refractivity contribution in [1.29, 1.82) is 0 Å². The van der Waals surface area contributed by atoms with E-state index in [4.69, 9.17) is 4.98 Å². The molecule has 2 aromatic rings. The first-order chi connectivity index (χ1) is 14.1. The first-order valence-corrected chi connectivity index (χ1v) is 11.4. The van der Waals surface area contributed by atoms with Gasteiger partial charge in [0.25, 0.3) is 0 Å². The van der Waals surface area contributed by atoms with Gasteiger partial charge in [0.2, 0.25) is 5.91 Å². The molecule has 0 N–H and O–H groups in total. The number of nitrogens with zero attached hydrogens (tertiary/aromatic N) is 4. The molecule has 2 aliphatic heterocycles. The van der Waals surface area contributed by atoms with Crippen LogP contribution < -0.4 is 0 Å². The highest BCUT2D eigenvalue weighted by Crippen LogP contribution is 2.23. The summed E-state index contributed by atoms with van der Waals surface area (Å²) in [7, 11) is 0. The summed E-state index contributed by atoms with van der Waals surface area (Å²) in [5.41, 5.74) is 1.86. The number of hydrogen-bond acceptors (Lipinski definition) is 5. The van der Waals surface area contributed by atoms with E-state index >= 15 is 0 Å². The van der Waals surface area contributed by atoms with Crippen LogP contribution in [0.3, 0.4) is 0 Å². The molecule has 0 unspecified atom stereocenters. The number of amides is 1. The van der Waals surface area contributed by atoms with Gasteiger partial charge in [0, 0.05) is 50.2 Å². The van der Waals surface area contributed by atoms with Crippen LogP contribution in [0.15, 0.2) is 29.6 Å². The summed E-state index contributed by atoms with van der Waals surface area (Å²) in [6, 6.07) is 6.48. The Kier molecular flexibility index (Phi) is 6.57. The van der Waals surface area contributed by atoms with E-state index in [1.54, 1.807) is 23.5 Å². The van der Waals surface area contributed by atoms with Crippen LogP contribution in [-0.4, -0.2) is 71.4 Å². The Balaban J connectivity index is 1.23. The van der Waals surface area contributed by atoms with E-state index in [2.05, 4.69) is 16.7 Å². The first kappa shape index (κ1) is 20.4. The van der Waals surface area contributed by atoms with E-state index < -0.39 is 0 Å². The van der Waals surface area contributed by atoms with E-state index in [0.29, 0.717) is 6.54 Å². The average molecular weight is 417 g/mol. The number of carbonyl (C=O) groups is 1. The van der Waals surface area contributed by atoms with Gasteiger partial charge in [0.05, 0.1) is 18.8 Å². The standard InChI is InChI=1S/C22H29FN4OS/c1-17-6-8-27(9-7-17)22(28)15-26-12-10-25(11-13-26)14-21-24-20(16-29-21)18-2-4-19(23)5-3-18/h2-5,16-17H,6-15H2,1H3. The summed E-state index contributed by atoms with van der Waals surface area (Å²) >= 11 is 1.65. The molecule has 1 amide bonds. The molecular formula is C22H29FN4OS. The van der Waals surface area contributed by atoms with Crippen molar-refractivity contribution in [2.24, 2.45) is 5.92 Å². The zero-order valence-electron chi connectivity index (χ0n) is 17.0. The predicted octanol–water partition coefficient (Wildman–Crippen LogP) is 3.33. The SMILES string of the molecule is CC1CCN(C(=O)CN2CCN(Cc3nc(-c4ccc(F)cc4)cs3)CC2)CC1. The Morgan fingerprint density at radius 2 is 1.72 bits per heavy atom. The number of likely N-dealkylation sites (tertiary alicyclic amines) is 1. The topological polar surface area (TPSA) is 39.7 Å². The lowest BCUT2D eigenvalue weighted by Gasteiger charge is -2.36. The van der Waals surface area contributed by atoms with Crippen LogP contribution in [-0.2, 0) is 11.3 Å². The zero-order chi connectivity index (χ0) is 20.2. The maximum absolute atomic E-state index is 13.1. The Bertz CT molecular complexity index is 808. The van der Waals surface area contributed by atoms with Crippen molar-refractivity contribution in [3.63, 3.8) is 0 Å². The molecule has 29 heavy (non-hydrogen) atoms. The van der Waals surface area contributed by atoms with Crippen molar-refractivity contribution >= 4 is 17.2 Å². The highest BCUT2D eigenvalue weighted by molar-refractivity contribution is 7.09. The van der Waals surface area contributed by atoms with Crippen molar-refractivity contribution in [3.8, 4) is 11.3 Å². The van der Waals surface area contributed by atoms with Gasteiger partial charge in [-0.2, -0.15) is 0 Å². The molecule has 1 aromatic carbocycles. The van der Waals surface area contributed by atoms with Gasteiger partial charge < -0.3 is 4.90 Å². The van der Waals surface area contributed by atoms with E-state index in [1.807, 2.05) is 10.3 Å². The minimum Gasteiger partial charge on any atom is -0.342 e. The molecule has 2 saturated heterocycles. The molecule has 0 bridgehead atoms. The van der Waals surface area contributed by atoms with Gasteiger partial charge in [0.15, 0.2) is 0 Å². The molecule has 3 heterocycles. The van der Waals surface area contributed by atoms with Gasteiger partial charge >= 0.3 is 0 Å². The second kappa shape index (κ2) is 9.32. The molecule has 4 rings (SSSR count). The maximum Gasteiger partial charge on any atom is 0.236 e. The maximum atomic E-state index is 13.1. The smallest absolute Gasteiger partial charge is 0.236 e. The molecule has 0 radical (unpaired) electrons. The molecule has 0 aliphatic carbocycles. The number of piperazine rings is 1. The minimum atomic E-state index is -0.226. The van der Waals surface area contributed by atoms with Crippen LogP contribution in [0.4, 0.5) is 4.39 Å². The van der Waals surface area contributed by atoms with Gasteiger partial charge in [-0.15, -0.1) is 11.3 Å². The van der Waals surface area contributed by atoms with Gasteiger partial charge in [-0.3, -0.25) is 14.6 Å². The Hall–Kier alpha value is -1.83. The number of hydrogen-bond donors (Lipinski definition) is 0. The summed E-state index contributed by atoms with van der Waals surface area (Å²) in [6.45, 7) is 9.24. The number of rotatable bonds is 5. The zero-order valence-corrected chi connectivity index (χ0v) is 17.8. The number of piperidine rings is 1. The summed E-state index contributed by atoms with van der Waals surface area (Å²) < 4.78 is 13.1. The third-order valence-corrected chi connectivity index (χ3v) is 6.84. The summed E-state index contributed by atoms with van der Waals surface area (Å²) in [5.74, 6) is 0.807. The molecule has 7 heteroatoms. The molecule has 0 saturated carbocycles. The highest BCUT2D eigenvalue weighted by atomic mass is 32.1. The molecule has 5 nitrogen and oxygen atoms in total. The second-order valence-electron chi connectivity index (χ2n) is 8.25. The molecule has 0 atom stereocenters. The normalized spacial score (nSPS) is 19.6. The highest BCUT2D eigenvalue weighted by Gasteiger charge is 2.24. The molecular weight excluding hydrogens is 387 g/mol. The lowest BCUT2D eigenvalue weighted by Crippen LogP contribution is -2.50. The Labute approximate surface area is 176 Å². The number of halogens is 1. The minimum absolute atomic E-state index is 0.226. The summed E-state index contributed by atoms with van der Waals surface area (Å²) in [6.07, 6.45) is 2.26. The molecule has 2 fully saturated rings. The van der Waals surface area contributed by atoms with Crippen molar-refractivity contribution in [2.75, 3.05) is 45.8 Å². The van der Waals surface area contributed by atoms with Crippen LogP contribution in [0.2, 0.25) is 0 Å². The lowest BCUT2D eigenvalue weighted by atomic mass is 9.99. The Morgan fingerprint density at radius 1 is 1.07 bits per heavy atom. The first-order valence-electron chi connectivity index (χ1n) is 10.5. The number of thiazole rings is 1. The van der Waals surface area contributed by atoms with Crippen LogP contribution in [0.5, 0.6) is 0 Å². The van der Waals surface area contributed by atoms with Gasteiger partial charge in [-0.05, 0) is 43.0 Å². The van der Waals surface area contributed by atoms with Crippen LogP contribution in [0.25, 0.3) is 11.3 Å². The van der Waals surface area contributed by atoms with Crippen molar-refractivity contribution < 1.29 is 9.18 Å². The fraction of sp³-hybridized carbons (Fsp3) is 0.545. The molecule has 0 spiro atoms. The van der Waals surface area contributed by atoms with E-state index in [-0.39, 0.29) is 11.7 Å². The lowest BCUT2D eigenvalue weighted by molar-refractivity contribution is -0.134. The molecule has 156 valence electrons. The van der Waals surface area contributed by atoms with Crippen molar-refractivity contribution in [2.45, 2.75) is 26.3 Å². The van der Waals surface area contributed by atoms with Crippen molar-refractivity contribution in [3.05, 3.63) is 40.5 Å². The fourth-order valence-corrected chi connectivity index (χ4v) is 4.83. The summed E-state index contributed by atoms with van der Waals surface area (Å²) in [4.78, 5) is 24.0. The van der Waals surface area contributed by atoms with E-state index in [9.17, 15) is 9.18 Å².